The van der Waals surface area contributed by atoms with Crippen LogP contribution in [0, 0.1) is 0 Å². The summed E-state index contributed by atoms with van der Waals surface area (Å²) in [5, 5.41) is 2.92. The largest absolute Gasteiger partial charge is 0.460 e. The zero-order valence-corrected chi connectivity index (χ0v) is 27.0. The first-order valence-corrected chi connectivity index (χ1v) is 16.2. The molecule has 3 N–H and O–H groups in total. The van der Waals surface area contributed by atoms with E-state index in [9.17, 15) is 19.2 Å². The van der Waals surface area contributed by atoms with E-state index in [4.69, 9.17) is 19.9 Å². The molecule has 0 aliphatic rings. The summed E-state index contributed by atoms with van der Waals surface area (Å²) in [6.07, 6.45) is 4.46. The second kappa shape index (κ2) is 22.1. The summed E-state index contributed by atoms with van der Waals surface area (Å²) in [4.78, 5) is 53.3. The molecule has 0 bridgehead atoms. The van der Waals surface area contributed by atoms with Gasteiger partial charge >= 0.3 is 17.9 Å². The number of rotatable bonds is 22. The molecule has 0 aromatic heterocycles. The Labute approximate surface area is 277 Å². The van der Waals surface area contributed by atoms with Crippen LogP contribution in [0.15, 0.2) is 91.0 Å². The summed E-state index contributed by atoms with van der Waals surface area (Å²) in [7, 11) is 0. The summed E-state index contributed by atoms with van der Waals surface area (Å²) in [5.74, 6) is -1.77. The van der Waals surface area contributed by atoms with Gasteiger partial charge in [-0.2, -0.15) is 0 Å². The quantitative estimate of drug-likeness (QED) is 0.0906. The van der Waals surface area contributed by atoms with Crippen molar-refractivity contribution in [2.24, 2.45) is 5.73 Å². The molecule has 1 amide bonds. The number of amides is 1. The van der Waals surface area contributed by atoms with Gasteiger partial charge in [0.25, 0.3) is 0 Å². The zero-order chi connectivity index (χ0) is 33.5. The summed E-state index contributed by atoms with van der Waals surface area (Å²) in [6.45, 7) is 0.571. The number of unbranched alkanes of at least 4 members (excludes halogenated alkanes) is 3. The minimum absolute atomic E-state index is 0.0233. The van der Waals surface area contributed by atoms with E-state index < -0.39 is 23.9 Å². The van der Waals surface area contributed by atoms with Crippen molar-refractivity contribution in [3.8, 4) is 0 Å². The number of hydrogen-bond acceptors (Lipinski definition) is 9. The van der Waals surface area contributed by atoms with E-state index in [2.05, 4.69) is 5.32 Å². The highest BCUT2D eigenvalue weighted by Crippen LogP contribution is 2.15. The Morgan fingerprint density at radius 1 is 0.617 bits per heavy atom. The number of esters is 3. The molecule has 0 saturated carbocycles. The summed E-state index contributed by atoms with van der Waals surface area (Å²) < 4.78 is 16.7. The van der Waals surface area contributed by atoms with Crippen LogP contribution in [0.4, 0.5) is 0 Å². The minimum atomic E-state index is -0.931. The maximum Gasteiger partial charge on any atom is 0.323 e. The smallest absolute Gasteiger partial charge is 0.323 e. The Bertz CT molecular complexity index is 1280. The Morgan fingerprint density at radius 3 is 1.60 bits per heavy atom. The predicted molar refractivity (Wildman–Crippen MR) is 178 cm³/mol. The predicted octanol–water partition coefficient (Wildman–Crippen LogP) is 4.69. The first kappa shape index (κ1) is 36.9. The van der Waals surface area contributed by atoms with Crippen LogP contribution in [0.25, 0.3) is 0 Å². The number of nitrogens with zero attached hydrogens (tertiary/aromatic N) is 1. The number of nitrogens with two attached hydrogens (primary N) is 1. The van der Waals surface area contributed by atoms with Crippen LogP contribution in [0.3, 0.4) is 0 Å². The molecule has 0 heterocycles. The summed E-state index contributed by atoms with van der Waals surface area (Å²) in [6, 6.07) is 26.8. The third kappa shape index (κ3) is 15.5. The molecule has 0 aliphatic carbocycles. The lowest BCUT2D eigenvalue weighted by Gasteiger charge is -2.28. The maximum absolute atomic E-state index is 13.6. The lowest BCUT2D eigenvalue weighted by molar-refractivity contribution is -0.158. The molecule has 10 heteroatoms. The second-order valence-corrected chi connectivity index (χ2v) is 11.3. The van der Waals surface area contributed by atoms with Gasteiger partial charge in [0.2, 0.25) is 5.91 Å². The highest BCUT2D eigenvalue weighted by atomic mass is 16.5. The minimum Gasteiger partial charge on any atom is -0.460 e. The average Bonchev–Trinajstić information content (AvgIpc) is 3.10. The van der Waals surface area contributed by atoms with Gasteiger partial charge in [-0.05, 0) is 55.3 Å². The lowest BCUT2D eigenvalue weighted by atomic mass is 10.1. The second-order valence-electron chi connectivity index (χ2n) is 11.3. The van der Waals surface area contributed by atoms with Crippen molar-refractivity contribution in [2.45, 2.75) is 70.8 Å². The van der Waals surface area contributed by atoms with E-state index in [-0.39, 0.29) is 45.2 Å². The SMILES string of the molecule is NCCCCCC(=O)NCCCCC(C(=O)OCc1ccccc1)N(CC(=O)OCc1ccccc1)CC(=O)OCc1ccccc1. The molecule has 1 unspecified atom stereocenters. The number of nitrogens with one attached hydrogen (secondary N) is 1. The molecule has 0 spiro atoms. The van der Waals surface area contributed by atoms with Crippen molar-refractivity contribution in [1.29, 1.82) is 0 Å². The first-order chi connectivity index (χ1) is 22.9. The normalized spacial score (nSPS) is 11.4. The Balaban J connectivity index is 1.67. The van der Waals surface area contributed by atoms with Gasteiger partial charge in [-0.1, -0.05) is 97.4 Å². The number of hydrogen-bond donors (Lipinski definition) is 2. The number of benzene rings is 3. The van der Waals surface area contributed by atoms with Gasteiger partial charge in [-0.15, -0.1) is 0 Å². The van der Waals surface area contributed by atoms with Crippen molar-refractivity contribution in [3.63, 3.8) is 0 Å². The van der Waals surface area contributed by atoms with Crippen LogP contribution in [0.1, 0.15) is 61.6 Å². The fraction of sp³-hybridized carbons (Fsp3) is 0.405. The molecule has 3 rings (SSSR count). The molecule has 0 saturated heterocycles. The molecular formula is C37H47N3O7. The molecule has 47 heavy (non-hydrogen) atoms. The van der Waals surface area contributed by atoms with E-state index in [1.165, 1.54) is 4.90 Å². The fourth-order valence-electron chi connectivity index (χ4n) is 4.84. The van der Waals surface area contributed by atoms with Crippen molar-refractivity contribution >= 4 is 23.8 Å². The molecular weight excluding hydrogens is 598 g/mol. The third-order valence-corrected chi connectivity index (χ3v) is 7.42. The highest BCUT2D eigenvalue weighted by molar-refractivity contribution is 5.80. The monoisotopic (exact) mass is 645 g/mol. The molecule has 3 aromatic carbocycles. The molecule has 252 valence electrons. The highest BCUT2D eigenvalue weighted by Gasteiger charge is 2.31. The van der Waals surface area contributed by atoms with Gasteiger partial charge in [-0.3, -0.25) is 24.1 Å². The number of carbonyl (C=O) groups is 4. The van der Waals surface area contributed by atoms with Gasteiger partial charge in [0.05, 0.1) is 13.1 Å². The van der Waals surface area contributed by atoms with E-state index in [1.807, 2.05) is 91.0 Å². The van der Waals surface area contributed by atoms with Crippen molar-refractivity contribution in [1.82, 2.24) is 10.2 Å². The molecule has 3 aromatic rings. The number of carbonyl (C=O) groups excluding carboxylic acids is 4. The van der Waals surface area contributed by atoms with Crippen LogP contribution in [0.2, 0.25) is 0 Å². The van der Waals surface area contributed by atoms with E-state index in [0.717, 1.165) is 36.0 Å². The van der Waals surface area contributed by atoms with E-state index >= 15 is 0 Å². The lowest BCUT2D eigenvalue weighted by Crippen LogP contribution is -2.47. The summed E-state index contributed by atoms with van der Waals surface area (Å²) in [5.41, 5.74) is 7.96. The standard InChI is InChI=1S/C37H47N3O7/c38-23-13-4-11-22-34(41)39-24-14-12-21-33(37(44)47-29-32-19-9-3-10-20-32)40(25-35(42)45-27-30-15-5-1-6-16-30)26-36(43)46-28-31-17-7-2-8-18-31/h1-3,5-10,15-20,33H,4,11-14,21-29,38H2,(H,39,41). The Hall–Kier alpha value is -4.54. The molecule has 0 fully saturated rings. The third-order valence-electron chi connectivity index (χ3n) is 7.42. The van der Waals surface area contributed by atoms with Crippen LogP contribution in [-0.2, 0) is 53.2 Å². The average molecular weight is 646 g/mol. The zero-order valence-electron chi connectivity index (χ0n) is 27.0. The maximum atomic E-state index is 13.6. The molecule has 1 atom stereocenters. The summed E-state index contributed by atoms with van der Waals surface area (Å²) >= 11 is 0. The van der Waals surface area contributed by atoms with Crippen LogP contribution >= 0.6 is 0 Å². The van der Waals surface area contributed by atoms with Crippen LogP contribution in [-0.4, -0.2) is 60.9 Å². The van der Waals surface area contributed by atoms with Crippen LogP contribution in [0.5, 0.6) is 0 Å². The van der Waals surface area contributed by atoms with Gasteiger partial charge in [0.15, 0.2) is 0 Å². The molecule has 0 aliphatic heterocycles. The van der Waals surface area contributed by atoms with Gasteiger partial charge in [0.1, 0.15) is 25.9 Å². The van der Waals surface area contributed by atoms with Crippen molar-refractivity contribution in [3.05, 3.63) is 108 Å². The van der Waals surface area contributed by atoms with Gasteiger partial charge < -0.3 is 25.3 Å². The van der Waals surface area contributed by atoms with Gasteiger partial charge in [-0.25, -0.2) is 0 Å². The van der Waals surface area contributed by atoms with Gasteiger partial charge in [0, 0.05) is 13.0 Å². The van der Waals surface area contributed by atoms with E-state index in [0.29, 0.717) is 32.4 Å². The van der Waals surface area contributed by atoms with Crippen molar-refractivity contribution < 1.29 is 33.4 Å². The first-order valence-electron chi connectivity index (χ1n) is 16.2. The Kier molecular flexibility index (Phi) is 17.3. The topological polar surface area (TPSA) is 137 Å². The number of ether oxygens (including phenoxy) is 3. The van der Waals surface area contributed by atoms with Crippen LogP contribution < -0.4 is 11.1 Å². The van der Waals surface area contributed by atoms with Crippen molar-refractivity contribution in [2.75, 3.05) is 26.2 Å². The van der Waals surface area contributed by atoms with E-state index in [1.54, 1.807) is 0 Å². The molecule has 0 radical (unpaired) electrons. The molecule has 10 nitrogen and oxygen atoms in total. The Morgan fingerprint density at radius 2 is 1.11 bits per heavy atom. The fourth-order valence-corrected chi connectivity index (χ4v) is 4.84.